The summed E-state index contributed by atoms with van der Waals surface area (Å²) in [7, 11) is 3.38. The highest BCUT2D eigenvalue weighted by molar-refractivity contribution is 6.46. The third kappa shape index (κ3) is 4.48. The van der Waals surface area contributed by atoms with E-state index in [-0.39, 0.29) is 23.6 Å². The van der Waals surface area contributed by atoms with Crippen molar-refractivity contribution in [1.29, 1.82) is 0 Å². The fourth-order valence-electron chi connectivity index (χ4n) is 3.00. The zero-order valence-electron chi connectivity index (χ0n) is 15.9. The van der Waals surface area contributed by atoms with Gasteiger partial charge >= 0.3 is 0 Å². The molecule has 9 nitrogen and oxygen atoms in total. The number of nitrogens with zero attached hydrogens (tertiary/aromatic N) is 3. The van der Waals surface area contributed by atoms with Gasteiger partial charge in [-0.05, 0) is 30.7 Å². The molecule has 1 fully saturated rings. The first-order valence-corrected chi connectivity index (χ1v) is 9.02. The van der Waals surface area contributed by atoms with Crippen LogP contribution in [0.1, 0.15) is 24.1 Å². The number of nitrogen functional groups attached to an aromatic ring is 1. The lowest BCUT2D eigenvalue weighted by atomic mass is 10.1. The number of ether oxygens (including phenoxy) is 1. The van der Waals surface area contributed by atoms with Crippen molar-refractivity contribution in [2.24, 2.45) is 12.0 Å². The zero-order valence-corrected chi connectivity index (χ0v) is 15.9. The second-order valence-electron chi connectivity index (χ2n) is 6.57. The Morgan fingerprint density at radius 1 is 1.46 bits per heavy atom. The SMILES string of the molecule is CN=C(C(=O)NCC1CCC(=O)N1)c1cc(OCc2ccnn2C)ccc1N. The molecule has 1 saturated heterocycles. The first kappa shape index (κ1) is 19.4. The molecule has 0 saturated carbocycles. The number of aliphatic imine (C=N–C) groups is 1. The minimum Gasteiger partial charge on any atom is -0.487 e. The highest BCUT2D eigenvalue weighted by Crippen LogP contribution is 2.22. The third-order valence-electron chi connectivity index (χ3n) is 4.62. The van der Waals surface area contributed by atoms with E-state index in [0.29, 0.717) is 43.0 Å². The molecule has 2 heterocycles. The molecule has 0 aliphatic carbocycles. The highest BCUT2D eigenvalue weighted by Gasteiger charge is 2.23. The van der Waals surface area contributed by atoms with Gasteiger partial charge in [0, 0.05) is 50.6 Å². The lowest BCUT2D eigenvalue weighted by Gasteiger charge is -2.14. The van der Waals surface area contributed by atoms with Crippen LogP contribution in [0.3, 0.4) is 0 Å². The van der Waals surface area contributed by atoms with Gasteiger partial charge in [-0.3, -0.25) is 19.3 Å². The van der Waals surface area contributed by atoms with E-state index in [0.717, 1.165) is 5.69 Å². The maximum absolute atomic E-state index is 12.6. The molecular weight excluding hydrogens is 360 g/mol. The average Bonchev–Trinajstić information content (AvgIpc) is 3.28. The largest absolute Gasteiger partial charge is 0.487 e. The topological polar surface area (TPSA) is 124 Å². The van der Waals surface area contributed by atoms with E-state index in [2.05, 4.69) is 20.7 Å². The maximum atomic E-state index is 12.6. The van der Waals surface area contributed by atoms with Crippen molar-refractivity contribution in [3.63, 3.8) is 0 Å². The monoisotopic (exact) mass is 384 g/mol. The van der Waals surface area contributed by atoms with Crippen molar-refractivity contribution in [2.45, 2.75) is 25.5 Å². The van der Waals surface area contributed by atoms with Crippen LogP contribution < -0.4 is 21.1 Å². The van der Waals surface area contributed by atoms with Gasteiger partial charge in [-0.1, -0.05) is 0 Å². The van der Waals surface area contributed by atoms with Crippen molar-refractivity contribution in [1.82, 2.24) is 20.4 Å². The van der Waals surface area contributed by atoms with E-state index in [1.54, 1.807) is 29.1 Å². The van der Waals surface area contributed by atoms with Gasteiger partial charge in [-0.15, -0.1) is 0 Å². The summed E-state index contributed by atoms with van der Waals surface area (Å²) in [6.07, 6.45) is 2.89. The van der Waals surface area contributed by atoms with Gasteiger partial charge < -0.3 is 21.1 Å². The molecule has 4 N–H and O–H groups in total. The standard InChI is InChI=1S/C19H24N6O3/c1-21-18(19(27)22-10-12-3-6-17(26)24-12)15-9-14(4-5-16(15)20)28-11-13-7-8-23-25(13)2/h4-5,7-9,12H,3,6,10-11,20H2,1-2H3,(H,22,27)(H,24,26). The van der Waals surface area contributed by atoms with Gasteiger partial charge in [0.1, 0.15) is 18.1 Å². The second kappa shape index (κ2) is 8.55. The molecular formula is C19H24N6O3. The molecule has 3 rings (SSSR count). The quantitative estimate of drug-likeness (QED) is 0.471. The summed E-state index contributed by atoms with van der Waals surface area (Å²) in [6, 6.07) is 6.94. The number of anilines is 1. The lowest BCUT2D eigenvalue weighted by molar-refractivity contribution is -0.119. The van der Waals surface area contributed by atoms with Gasteiger partial charge in [0.2, 0.25) is 5.91 Å². The van der Waals surface area contributed by atoms with E-state index >= 15 is 0 Å². The number of carbonyl (C=O) groups excluding carboxylic acids is 2. The molecule has 2 amide bonds. The van der Waals surface area contributed by atoms with Gasteiger partial charge in [0.25, 0.3) is 5.91 Å². The van der Waals surface area contributed by atoms with Gasteiger partial charge in [0.05, 0.1) is 5.69 Å². The average molecular weight is 384 g/mol. The van der Waals surface area contributed by atoms with Crippen molar-refractivity contribution in [2.75, 3.05) is 19.3 Å². The summed E-state index contributed by atoms with van der Waals surface area (Å²) in [5.41, 5.74) is 8.13. The molecule has 1 aliphatic heterocycles. The molecule has 1 aromatic heterocycles. The molecule has 2 aromatic rings. The van der Waals surface area contributed by atoms with Crippen LogP contribution in [0.4, 0.5) is 5.69 Å². The van der Waals surface area contributed by atoms with E-state index in [1.165, 1.54) is 7.05 Å². The second-order valence-corrected chi connectivity index (χ2v) is 6.57. The number of nitrogens with two attached hydrogens (primary N) is 1. The molecule has 0 spiro atoms. The maximum Gasteiger partial charge on any atom is 0.270 e. The van der Waals surface area contributed by atoms with E-state index in [4.69, 9.17) is 10.5 Å². The van der Waals surface area contributed by atoms with Crippen molar-refractivity contribution in [3.8, 4) is 5.75 Å². The summed E-state index contributed by atoms with van der Waals surface area (Å²) in [4.78, 5) is 28.0. The molecule has 9 heteroatoms. The number of amides is 2. The van der Waals surface area contributed by atoms with Crippen LogP contribution in [0.25, 0.3) is 0 Å². The van der Waals surface area contributed by atoms with E-state index in [9.17, 15) is 9.59 Å². The molecule has 0 radical (unpaired) electrons. The fraction of sp³-hybridized carbons (Fsp3) is 0.368. The molecule has 28 heavy (non-hydrogen) atoms. The van der Waals surface area contributed by atoms with Crippen molar-refractivity contribution in [3.05, 3.63) is 41.7 Å². The number of hydrogen-bond donors (Lipinski definition) is 3. The molecule has 148 valence electrons. The summed E-state index contributed by atoms with van der Waals surface area (Å²) >= 11 is 0. The molecule has 1 aromatic carbocycles. The Labute approximate surface area is 163 Å². The molecule has 1 unspecified atom stereocenters. The van der Waals surface area contributed by atoms with Crippen LogP contribution in [-0.4, -0.2) is 46.9 Å². The predicted molar refractivity (Wildman–Crippen MR) is 105 cm³/mol. The van der Waals surface area contributed by atoms with Crippen LogP contribution in [-0.2, 0) is 23.2 Å². The molecule has 1 aliphatic rings. The van der Waals surface area contributed by atoms with E-state index in [1.807, 2.05) is 13.1 Å². The Hall–Kier alpha value is -3.36. The van der Waals surface area contributed by atoms with Crippen LogP contribution in [0.5, 0.6) is 5.75 Å². The summed E-state index contributed by atoms with van der Waals surface area (Å²) in [5.74, 6) is 0.229. The minimum atomic E-state index is -0.348. The predicted octanol–water partition coefficient (Wildman–Crippen LogP) is 0.395. The molecule has 0 bridgehead atoms. The fourth-order valence-corrected chi connectivity index (χ4v) is 3.00. The third-order valence-corrected chi connectivity index (χ3v) is 4.62. The smallest absolute Gasteiger partial charge is 0.270 e. The van der Waals surface area contributed by atoms with Crippen LogP contribution in [0, 0.1) is 0 Å². The van der Waals surface area contributed by atoms with Crippen molar-refractivity contribution >= 4 is 23.2 Å². The number of rotatable bonds is 7. The number of aromatic nitrogens is 2. The number of benzene rings is 1. The Balaban J connectivity index is 1.68. The Kier molecular flexibility index (Phi) is 5.93. The zero-order chi connectivity index (χ0) is 20.1. The highest BCUT2D eigenvalue weighted by atomic mass is 16.5. The van der Waals surface area contributed by atoms with Crippen LogP contribution in [0.2, 0.25) is 0 Å². The number of aryl methyl sites for hydroxylation is 1. The summed E-state index contributed by atoms with van der Waals surface area (Å²) in [5, 5.41) is 9.73. The Morgan fingerprint density at radius 2 is 2.29 bits per heavy atom. The summed E-state index contributed by atoms with van der Waals surface area (Å²) < 4.78 is 7.53. The number of hydrogen-bond acceptors (Lipinski definition) is 6. The van der Waals surface area contributed by atoms with E-state index < -0.39 is 0 Å². The van der Waals surface area contributed by atoms with Crippen molar-refractivity contribution < 1.29 is 14.3 Å². The number of nitrogens with one attached hydrogen (secondary N) is 2. The van der Waals surface area contributed by atoms with Crippen LogP contribution >= 0.6 is 0 Å². The van der Waals surface area contributed by atoms with Gasteiger partial charge in [0.15, 0.2) is 0 Å². The number of carbonyl (C=O) groups is 2. The van der Waals surface area contributed by atoms with Gasteiger partial charge in [-0.25, -0.2) is 0 Å². The molecule has 1 atom stereocenters. The normalized spacial score (nSPS) is 16.7. The Morgan fingerprint density at radius 3 is 2.93 bits per heavy atom. The first-order valence-electron chi connectivity index (χ1n) is 9.02. The van der Waals surface area contributed by atoms with Crippen LogP contribution in [0.15, 0.2) is 35.5 Å². The lowest BCUT2D eigenvalue weighted by Crippen LogP contribution is -2.41. The Bertz CT molecular complexity index is 905. The van der Waals surface area contributed by atoms with Gasteiger partial charge in [-0.2, -0.15) is 5.10 Å². The minimum absolute atomic E-state index is 0.00569. The first-order chi connectivity index (χ1) is 13.5. The summed E-state index contributed by atoms with van der Waals surface area (Å²) in [6.45, 7) is 0.687.